The fourth-order valence-corrected chi connectivity index (χ4v) is 4.11. The van der Waals surface area contributed by atoms with Crippen LogP contribution in [0.25, 0.3) is 0 Å². The normalized spacial score (nSPS) is 35.0. The number of nitrogens with zero attached hydrogens (tertiary/aromatic N) is 1. The van der Waals surface area contributed by atoms with Crippen LogP contribution in [-0.4, -0.2) is 40.6 Å². The topological polar surface area (TPSA) is 32.3 Å². The number of amides is 1. The van der Waals surface area contributed by atoms with Crippen molar-refractivity contribution in [2.24, 2.45) is 0 Å². The van der Waals surface area contributed by atoms with E-state index in [1.807, 2.05) is 11.8 Å². The number of hydrogen-bond donors (Lipinski definition) is 1. The summed E-state index contributed by atoms with van der Waals surface area (Å²) in [4.78, 5) is 14.2. The number of nitrogens with one attached hydrogen (secondary N) is 1. The highest BCUT2D eigenvalue weighted by atomic mass is 32.2. The van der Waals surface area contributed by atoms with Crippen LogP contribution in [0.5, 0.6) is 0 Å². The summed E-state index contributed by atoms with van der Waals surface area (Å²) in [5, 5.41) is 3.99. The Balaban J connectivity index is 1.99. The maximum Gasteiger partial charge on any atom is 0.241 e. The van der Waals surface area contributed by atoms with Crippen LogP contribution in [0, 0.1) is 0 Å². The van der Waals surface area contributed by atoms with Gasteiger partial charge in [-0.1, -0.05) is 20.3 Å². The van der Waals surface area contributed by atoms with E-state index in [-0.39, 0.29) is 6.04 Å². The molecule has 1 saturated heterocycles. The minimum atomic E-state index is 0.0767. The second-order valence-electron chi connectivity index (χ2n) is 4.62. The first-order valence-electron chi connectivity index (χ1n) is 6.43. The lowest BCUT2D eigenvalue weighted by Crippen LogP contribution is -2.42. The first kappa shape index (κ1) is 12.2. The Morgan fingerprint density at radius 2 is 2.25 bits per heavy atom. The molecule has 16 heavy (non-hydrogen) atoms. The maximum atomic E-state index is 12.1. The van der Waals surface area contributed by atoms with Gasteiger partial charge in [-0.15, -0.1) is 0 Å². The fourth-order valence-electron chi connectivity index (χ4n) is 2.85. The molecule has 3 atom stereocenters. The maximum absolute atomic E-state index is 12.1. The Morgan fingerprint density at radius 1 is 1.44 bits per heavy atom. The minimum absolute atomic E-state index is 0.0767. The van der Waals surface area contributed by atoms with Gasteiger partial charge in [0.05, 0.1) is 12.7 Å². The Labute approximate surface area is 102 Å². The van der Waals surface area contributed by atoms with E-state index in [0.29, 0.717) is 17.2 Å². The molecule has 3 nitrogen and oxygen atoms in total. The summed E-state index contributed by atoms with van der Waals surface area (Å²) in [6, 6.07) is 0.564. The third-order valence-corrected chi connectivity index (χ3v) is 5.01. The van der Waals surface area contributed by atoms with E-state index < -0.39 is 0 Å². The summed E-state index contributed by atoms with van der Waals surface area (Å²) in [5.74, 6) is 1.49. The van der Waals surface area contributed by atoms with Gasteiger partial charge in [0.2, 0.25) is 5.91 Å². The molecular weight excluding hydrogens is 220 g/mol. The smallest absolute Gasteiger partial charge is 0.241 e. The quantitative estimate of drug-likeness (QED) is 0.816. The van der Waals surface area contributed by atoms with E-state index in [0.717, 1.165) is 18.8 Å². The highest BCUT2D eigenvalue weighted by molar-refractivity contribution is 7.99. The summed E-state index contributed by atoms with van der Waals surface area (Å²) in [6.07, 6.45) is 4.67. The van der Waals surface area contributed by atoms with Crippen molar-refractivity contribution in [3.05, 3.63) is 0 Å². The molecular formula is C12H22N2OS. The molecule has 0 aromatic rings. The minimum Gasteiger partial charge on any atom is -0.324 e. The Bertz CT molecular complexity index is 259. The van der Waals surface area contributed by atoms with Gasteiger partial charge in [-0.3, -0.25) is 10.1 Å². The summed E-state index contributed by atoms with van der Waals surface area (Å²) < 4.78 is 0. The van der Waals surface area contributed by atoms with Crippen molar-refractivity contribution in [3.8, 4) is 0 Å². The summed E-state index contributed by atoms with van der Waals surface area (Å²) in [7, 11) is 0. The first-order valence-corrected chi connectivity index (χ1v) is 7.48. The third kappa shape index (κ3) is 2.23. The highest BCUT2D eigenvalue weighted by Crippen LogP contribution is 2.34. The molecule has 2 aliphatic rings. The molecule has 0 aromatic heterocycles. The lowest BCUT2D eigenvalue weighted by molar-refractivity contribution is -0.130. The molecule has 1 aliphatic heterocycles. The second kappa shape index (κ2) is 5.41. The molecule has 1 heterocycles. The fraction of sp³-hybridized carbons (Fsp3) is 0.917. The van der Waals surface area contributed by atoms with Crippen molar-refractivity contribution in [1.29, 1.82) is 0 Å². The van der Waals surface area contributed by atoms with Crippen LogP contribution in [0.15, 0.2) is 0 Å². The molecule has 0 aromatic carbocycles. The average Bonchev–Trinajstić information content (AvgIpc) is 2.85. The van der Waals surface area contributed by atoms with Gasteiger partial charge in [-0.05, 0) is 25.0 Å². The molecule has 1 aliphatic carbocycles. The lowest BCUT2D eigenvalue weighted by atomic mass is 10.2. The molecule has 1 saturated carbocycles. The van der Waals surface area contributed by atoms with Gasteiger partial charge in [-0.2, -0.15) is 11.8 Å². The van der Waals surface area contributed by atoms with E-state index in [1.54, 1.807) is 0 Å². The Morgan fingerprint density at radius 3 is 2.88 bits per heavy atom. The summed E-state index contributed by atoms with van der Waals surface area (Å²) >= 11 is 2.02. The van der Waals surface area contributed by atoms with Gasteiger partial charge in [0, 0.05) is 11.3 Å². The third-order valence-electron chi connectivity index (χ3n) is 3.70. The molecule has 2 fully saturated rings. The molecule has 2 rings (SSSR count). The second-order valence-corrected chi connectivity index (χ2v) is 6.14. The Hall–Kier alpha value is -0.220. The molecule has 0 bridgehead atoms. The van der Waals surface area contributed by atoms with Crippen molar-refractivity contribution >= 4 is 17.7 Å². The zero-order valence-electron chi connectivity index (χ0n) is 10.2. The molecule has 1 N–H and O–H groups in total. The Kier molecular flexibility index (Phi) is 4.14. The van der Waals surface area contributed by atoms with E-state index in [2.05, 4.69) is 24.1 Å². The summed E-state index contributed by atoms with van der Waals surface area (Å²) in [5.41, 5.74) is 0. The van der Waals surface area contributed by atoms with Gasteiger partial charge in [-0.25, -0.2) is 0 Å². The largest absolute Gasteiger partial charge is 0.324 e. The lowest BCUT2D eigenvalue weighted by Gasteiger charge is -2.28. The molecule has 0 spiro atoms. The number of thioether (sulfide) groups is 1. The predicted molar refractivity (Wildman–Crippen MR) is 68.5 cm³/mol. The number of carbonyl (C=O) groups is 1. The number of rotatable bonds is 4. The standard InChI is InChI=1S/C12H22N2OS/c1-3-9-12(15)14(8-13-9)10-6-5-7-11(10)16-4-2/h9-11,13H,3-8H2,1-2H3. The zero-order chi connectivity index (χ0) is 11.5. The zero-order valence-corrected chi connectivity index (χ0v) is 11.1. The van der Waals surface area contributed by atoms with Crippen LogP contribution in [0.4, 0.5) is 0 Å². The van der Waals surface area contributed by atoms with Crippen molar-refractivity contribution < 1.29 is 4.79 Å². The first-order chi connectivity index (χ1) is 7.77. The van der Waals surface area contributed by atoms with Gasteiger partial charge < -0.3 is 4.90 Å². The van der Waals surface area contributed by atoms with Crippen LogP contribution in [-0.2, 0) is 4.79 Å². The molecule has 0 radical (unpaired) electrons. The van der Waals surface area contributed by atoms with E-state index in [9.17, 15) is 4.79 Å². The van der Waals surface area contributed by atoms with Gasteiger partial charge in [0.1, 0.15) is 0 Å². The molecule has 4 heteroatoms. The van der Waals surface area contributed by atoms with Crippen LogP contribution in [0.3, 0.4) is 0 Å². The van der Waals surface area contributed by atoms with Crippen LogP contribution in [0.1, 0.15) is 39.5 Å². The van der Waals surface area contributed by atoms with Crippen LogP contribution >= 0.6 is 11.8 Å². The predicted octanol–water partition coefficient (Wildman–Crippen LogP) is 1.83. The van der Waals surface area contributed by atoms with Gasteiger partial charge in [0.25, 0.3) is 0 Å². The number of carbonyl (C=O) groups excluding carboxylic acids is 1. The van der Waals surface area contributed by atoms with E-state index >= 15 is 0 Å². The highest BCUT2D eigenvalue weighted by Gasteiger charge is 2.39. The molecule has 1 amide bonds. The van der Waals surface area contributed by atoms with Crippen molar-refractivity contribution in [3.63, 3.8) is 0 Å². The van der Waals surface area contributed by atoms with Gasteiger partial charge >= 0.3 is 0 Å². The van der Waals surface area contributed by atoms with Crippen molar-refractivity contribution in [2.75, 3.05) is 12.4 Å². The van der Waals surface area contributed by atoms with Crippen LogP contribution in [0.2, 0.25) is 0 Å². The summed E-state index contributed by atoms with van der Waals surface area (Å²) in [6.45, 7) is 5.05. The molecule has 3 unspecified atom stereocenters. The van der Waals surface area contributed by atoms with Crippen LogP contribution < -0.4 is 5.32 Å². The van der Waals surface area contributed by atoms with Gasteiger partial charge in [0.15, 0.2) is 0 Å². The monoisotopic (exact) mass is 242 g/mol. The average molecular weight is 242 g/mol. The van der Waals surface area contributed by atoms with Crippen molar-refractivity contribution in [1.82, 2.24) is 10.2 Å². The SMILES string of the molecule is CCSC1CCCC1N1CNC(CC)C1=O. The van der Waals surface area contributed by atoms with Crippen molar-refractivity contribution in [2.45, 2.75) is 56.9 Å². The van der Waals surface area contributed by atoms with E-state index in [1.165, 1.54) is 19.3 Å². The molecule has 92 valence electrons. The van der Waals surface area contributed by atoms with E-state index in [4.69, 9.17) is 0 Å². The number of hydrogen-bond acceptors (Lipinski definition) is 3.